The fraction of sp³-hybridized carbons (Fsp3) is 0.0625. The summed E-state index contributed by atoms with van der Waals surface area (Å²) in [6.07, 6.45) is 5.07. The summed E-state index contributed by atoms with van der Waals surface area (Å²) in [5, 5.41) is 0. The molecule has 0 aliphatic rings. The van der Waals surface area contributed by atoms with Crippen molar-refractivity contribution in [1.82, 2.24) is 9.55 Å². The maximum Gasteiger partial charge on any atom is 0.422 e. The number of fused-ring (bicyclic) bond motifs is 1. The van der Waals surface area contributed by atoms with Crippen molar-refractivity contribution in [3.8, 4) is 0 Å². The third kappa shape index (κ3) is 2.67. The van der Waals surface area contributed by atoms with Crippen molar-refractivity contribution in [3.63, 3.8) is 0 Å². The zero-order valence-corrected chi connectivity index (χ0v) is 11.1. The number of hydrogen-bond donors (Lipinski definition) is 0. The first-order chi connectivity index (χ1) is 10.3. The molecule has 5 heteroatoms. The van der Waals surface area contributed by atoms with Gasteiger partial charge in [-0.15, -0.1) is 0 Å². The molecule has 0 atom stereocenters. The predicted octanol–water partition coefficient (Wildman–Crippen LogP) is 2.06. The predicted molar refractivity (Wildman–Crippen MR) is 80.0 cm³/mol. The maximum absolute atomic E-state index is 12.2. The Bertz CT molecular complexity index is 908. The minimum absolute atomic E-state index is 0.141. The first-order valence-corrected chi connectivity index (χ1v) is 6.46. The highest BCUT2D eigenvalue weighted by Gasteiger charge is 2.08. The smallest absolute Gasteiger partial charge is 0.407 e. The number of aromatic nitrogens is 2. The van der Waals surface area contributed by atoms with Gasteiger partial charge in [0.1, 0.15) is 0 Å². The van der Waals surface area contributed by atoms with Crippen molar-refractivity contribution in [1.29, 1.82) is 0 Å². The summed E-state index contributed by atoms with van der Waals surface area (Å²) in [7, 11) is 0. The topological polar surface area (TPSA) is 65.1 Å². The SMILES string of the molecule is O=c1oc2cccnc2c(=O)n1CC=Cc1ccccc1. The Balaban J connectivity index is 1.96. The number of pyridine rings is 1. The van der Waals surface area contributed by atoms with Crippen molar-refractivity contribution in [2.75, 3.05) is 0 Å². The first kappa shape index (κ1) is 13.1. The lowest BCUT2D eigenvalue weighted by atomic mass is 10.2. The van der Waals surface area contributed by atoms with Gasteiger partial charge in [-0.2, -0.15) is 0 Å². The number of hydrogen-bond acceptors (Lipinski definition) is 4. The normalized spacial score (nSPS) is 11.2. The van der Waals surface area contributed by atoms with Gasteiger partial charge in [-0.1, -0.05) is 42.5 Å². The van der Waals surface area contributed by atoms with Crippen LogP contribution in [-0.4, -0.2) is 9.55 Å². The van der Waals surface area contributed by atoms with Crippen LogP contribution in [-0.2, 0) is 6.54 Å². The molecule has 1 aromatic carbocycles. The maximum atomic E-state index is 12.2. The van der Waals surface area contributed by atoms with Crippen LogP contribution in [0, 0.1) is 0 Å². The minimum atomic E-state index is -0.682. The van der Waals surface area contributed by atoms with Crippen LogP contribution in [0.3, 0.4) is 0 Å². The lowest BCUT2D eigenvalue weighted by Gasteiger charge is -2.01. The third-order valence-corrected chi connectivity index (χ3v) is 3.03. The molecule has 0 N–H and O–H groups in total. The van der Waals surface area contributed by atoms with Crippen LogP contribution in [0.15, 0.2) is 68.7 Å². The van der Waals surface area contributed by atoms with Gasteiger partial charge >= 0.3 is 5.76 Å². The summed E-state index contributed by atoms with van der Waals surface area (Å²) in [5.41, 5.74) is 0.911. The Morgan fingerprint density at radius 3 is 2.71 bits per heavy atom. The van der Waals surface area contributed by atoms with Gasteiger partial charge in [0, 0.05) is 6.20 Å². The van der Waals surface area contributed by atoms with Crippen LogP contribution in [0.5, 0.6) is 0 Å². The second-order valence-electron chi connectivity index (χ2n) is 4.45. The molecule has 0 aliphatic carbocycles. The standard InChI is InChI=1S/C16H12N2O3/c19-15-14-13(9-4-10-17-14)21-16(20)18(15)11-5-8-12-6-2-1-3-7-12/h1-10H,11H2. The molecule has 0 aliphatic heterocycles. The van der Waals surface area contributed by atoms with E-state index in [1.807, 2.05) is 36.4 Å². The van der Waals surface area contributed by atoms with Crippen molar-refractivity contribution in [2.24, 2.45) is 0 Å². The molecule has 2 aromatic heterocycles. The van der Waals surface area contributed by atoms with Gasteiger partial charge in [0.05, 0.1) is 6.54 Å². The van der Waals surface area contributed by atoms with Crippen molar-refractivity contribution >= 4 is 17.2 Å². The molecule has 21 heavy (non-hydrogen) atoms. The lowest BCUT2D eigenvalue weighted by molar-refractivity contribution is 0.472. The number of rotatable bonds is 3. The molecule has 0 spiro atoms. The molecular weight excluding hydrogens is 268 g/mol. The molecule has 104 valence electrons. The Hall–Kier alpha value is -2.95. The second kappa shape index (κ2) is 5.58. The first-order valence-electron chi connectivity index (χ1n) is 6.46. The second-order valence-corrected chi connectivity index (χ2v) is 4.45. The van der Waals surface area contributed by atoms with E-state index in [4.69, 9.17) is 4.42 Å². The highest BCUT2D eigenvalue weighted by Crippen LogP contribution is 2.03. The molecule has 5 nitrogen and oxygen atoms in total. The van der Waals surface area contributed by atoms with E-state index in [1.165, 1.54) is 6.20 Å². The van der Waals surface area contributed by atoms with Crippen LogP contribution in [0.25, 0.3) is 17.2 Å². The van der Waals surface area contributed by atoms with Gasteiger partial charge in [0.15, 0.2) is 11.1 Å². The quantitative estimate of drug-likeness (QED) is 0.736. The van der Waals surface area contributed by atoms with E-state index in [-0.39, 0.29) is 17.6 Å². The van der Waals surface area contributed by atoms with Crippen molar-refractivity contribution in [2.45, 2.75) is 6.54 Å². The van der Waals surface area contributed by atoms with Crippen molar-refractivity contribution < 1.29 is 4.42 Å². The van der Waals surface area contributed by atoms with Gasteiger partial charge in [-0.25, -0.2) is 14.3 Å². The van der Waals surface area contributed by atoms with E-state index in [9.17, 15) is 9.59 Å². The molecule has 3 rings (SSSR count). The Kier molecular flexibility index (Phi) is 3.47. The van der Waals surface area contributed by atoms with Gasteiger partial charge in [0.2, 0.25) is 0 Å². The lowest BCUT2D eigenvalue weighted by Crippen LogP contribution is -2.32. The highest BCUT2D eigenvalue weighted by molar-refractivity contribution is 5.69. The summed E-state index contributed by atoms with van der Waals surface area (Å²) in [5.74, 6) is -0.682. The summed E-state index contributed by atoms with van der Waals surface area (Å²) in [4.78, 5) is 28.0. The molecule has 2 heterocycles. The molecule has 0 saturated heterocycles. The van der Waals surface area contributed by atoms with Gasteiger partial charge in [-0.05, 0) is 17.7 Å². The minimum Gasteiger partial charge on any atom is -0.407 e. The number of nitrogens with zero attached hydrogens (tertiary/aromatic N) is 2. The van der Waals surface area contributed by atoms with E-state index in [0.717, 1.165) is 10.1 Å². The highest BCUT2D eigenvalue weighted by atomic mass is 16.4. The molecule has 0 radical (unpaired) electrons. The van der Waals surface area contributed by atoms with Gasteiger partial charge < -0.3 is 4.42 Å². The monoisotopic (exact) mass is 280 g/mol. The average Bonchev–Trinajstić information content (AvgIpc) is 2.51. The summed E-state index contributed by atoms with van der Waals surface area (Å²) in [6.45, 7) is 0.141. The van der Waals surface area contributed by atoms with E-state index in [0.29, 0.717) is 0 Å². The van der Waals surface area contributed by atoms with Crippen molar-refractivity contribution in [3.05, 3.63) is 81.2 Å². The van der Waals surface area contributed by atoms with E-state index < -0.39 is 11.3 Å². The number of benzene rings is 1. The Labute approximate surface area is 119 Å². The van der Waals surface area contributed by atoms with E-state index >= 15 is 0 Å². The summed E-state index contributed by atoms with van der Waals surface area (Å²) in [6, 6.07) is 12.8. The average molecular weight is 280 g/mol. The van der Waals surface area contributed by atoms with Crippen LogP contribution in [0.1, 0.15) is 5.56 Å². The molecule has 0 fully saturated rings. The van der Waals surface area contributed by atoms with Gasteiger partial charge in [0.25, 0.3) is 5.56 Å². The summed E-state index contributed by atoms with van der Waals surface area (Å²) >= 11 is 0. The van der Waals surface area contributed by atoms with Crippen LogP contribution in [0.4, 0.5) is 0 Å². The molecule has 0 saturated carbocycles. The van der Waals surface area contributed by atoms with Crippen LogP contribution >= 0.6 is 0 Å². The summed E-state index contributed by atoms with van der Waals surface area (Å²) < 4.78 is 6.11. The zero-order chi connectivity index (χ0) is 14.7. The van der Waals surface area contributed by atoms with E-state index in [1.54, 1.807) is 18.2 Å². The Morgan fingerprint density at radius 1 is 1.10 bits per heavy atom. The van der Waals surface area contributed by atoms with Crippen LogP contribution in [0.2, 0.25) is 0 Å². The fourth-order valence-corrected chi connectivity index (χ4v) is 2.01. The fourth-order valence-electron chi connectivity index (χ4n) is 2.01. The third-order valence-electron chi connectivity index (χ3n) is 3.03. The van der Waals surface area contributed by atoms with E-state index in [2.05, 4.69) is 4.98 Å². The molecule has 0 bridgehead atoms. The molecule has 0 unspecified atom stereocenters. The van der Waals surface area contributed by atoms with Crippen LogP contribution < -0.4 is 11.3 Å². The molecule has 0 amide bonds. The molecular formula is C16H12N2O3. The molecule has 3 aromatic rings. The zero-order valence-electron chi connectivity index (χ0n) is 11.1. The van der Waals surface area contributed by atoms with Gasteiger partial charge in [-0.3, -0.25) is 4.79 Å². The Morgan fingerprint density at radius 2 is 1.90 bits per heavy atom. The largest absolute Gasteiger partial charge is 0.422 e. The number of allylic oxidation sites excluding steroid dienone is 1.